The molecule has 3 N–H and O–H groups in total. The summed E-state index contributed by atoms with van der Waals surface area (Å²) < 4.78 is 6.05. The van der Waals surface area contributed by atoms with Gasteiger partial charge < -0.3 is 10.5 Å². The quantitative estimate of drug-likeness (QED) is 0.590. The SMILES string of the molecule is CCc1nc(CN(C)CC(=O)c2c(N)n(CCOC)c(=O)[nH]c2=O)cs1. The lowest BCUT2D eigenvalue weighted by Crippen LogP contribution is -2.39. The van der Waals surface area contributed by atoms with Crippen LogP contribution in [0.15, 0.2) is 15.0 Å². The third-order valence-electron chi connectivity index (χ3n) is 3.78. The van der Waals surface area contributed by atoms with Crippen LogP contribution < -0.4 is 17.0 Å². The number of carbonyl (C=O) groups excluding carboxylic acids is 1. The maximum absolute atomic E-state index is 12.6. The fourth-order valence-electron chi connectivity index (χ4n) is 2.50. The van der Waals surface area contributed by atoms with Crippen molar-refractivity contribution >= 4 is 22.9 Å². The molecule has 0 amide bonds. The Kier molecular flexibility index (Phi) is 6.83. The molecule has 142 valence electrons. The van der Waals surface area contributed by atoms with E-state index >= 15 is 0 Å². The molecule has 0 saturated heterocycles. The number of rotatable bonds is 9. The summed E-state index contributed by atoms with van der Waals surface area (Å²) in [5.41, 5.74) is 5.14. The fraction of sp³-hybridized carbons (Fsp3) is 0.500. The molecule has 0 saturated carbocycles. The summed E-state index contributed by atoms with van der Waals surface area (Å²) in [4.78, 5) is 44.9. The molecule has 0 spiro atoms. The van der Waals surface area contributed by atoms with Crippen molar-refractivity contribution in [2.45, 2.75) is 26.4 Å². The van der Waals surface area contributed by atoms with Crippen LogP contribution in [-0.4, -0.2) is 52.5 Å². The highest BCUT2D eigenvalue weighted by molar-refractivity contribution is 7.09. The number of H-pyrrole nitrogens is 1. The number of nitrogens with zero attached hydrogens (tertiary/aromatic N) is 3. The van der Waals surface area contributed by atoms with Crippen molar-refractivity contribution in [1.82, 2.24) is 19.4 Å². The van der Waals surface area contributed by atoms with Gasteiger partial charge in [-0.25, -0.2) is 9.78 Å². The molecule has 9 nitrogen and oxygen atoms in total. The zero-order chi connectivity index (χ0) is 19.3. The van der Waals surface area contributed by atoms with E-state index < -0.39 is 17.0 Å². The van der Waals surface area contributed by atoms with Gasteiger partial charge in [0.05, 0.1) is 30.4 Å². The second-order valence-corrected chi connectivity index (χ2v) is 6.79. The summed E-state index contributed by atoms with van der Waals surface area (Å²) >= 11 is 1.58. The smallest absolute Gasteiger partial charge is 0.330 e. The van der Waals surface area contributed by atoms with E-state index in [1.54, 1.807) is 23.3 Å². The number of ether oxygens (including phenoxy) is 1. The summed E-state index contributed by atoms with van der Waals surface area (Å²) in [5.74, 6) is -0.598. The second kappa shape index (κ2) is 8.88. The molecule has 0 fully saturated rings. The maximum Gasteiger partial charge on any atom is 0.330 e. The molecular weight excluding hydrogens is 358 g/mol. The van der Waals surface area contributed by atoms with Crippen molar-refractivity contribution in [1.29, 1.82) is 0 Å². The average molecular weight is 381 g/mol. The van der Waals surface area contributed by atoms with Gasteiger partial charge in [0, 0.05) is 19.0 Å². The normalized spacial score (nSPS) is 11.2. The fourth-order valence-corrected chi connectivity index (χ4v) is 3.24. The van der Waals surface area contributed by atoms with Gasteiger partial charge in [-0.15, -0.1) is 11.3 Å². The molecule has 0 aliphatic heterocycles. The minimum absolute atomic E-state index is 0.0191. The number of carbonyl (C=O) groups is 1. The zero-order valence-electron chi connectivity index (χ0n) is 15.1. The summed E-state index contributed by atoms with van der Waals surface area (Å²) in [5, 5.41) is 2.98. The van der Waals surface area contributed by atoms with E-state index in [0.29, 0.717) is 6.54 Å². The van der Waals surface area contributed by atoms with Crippen molar-refractivity contribution in [3.63, 3.8) is 0 Å². The summed E-state index contributed by atoms with van der Waals surface area (Å²) in [6.07, 6.45) is 0.863. The van der Waals surface area contributed by atoms with Crippen molar-refractivity contribution in [3.05, 3.63) is 42.5 Å². The summed E-state index contributed by atoms with van der Waals surface area (Å²) in [6.45, 7) is 2.86. The van der Waals surface area contributed by atoms with E-state index in [1.165, 1.54) is 7.11 Å². The van der Waals surface area contributed by atoms with Crippen LogP contribution in [0, 0.1) is 0 Å². The number of likely N-dealkylation sites (N-methyl/N-ethyl adjacent to an activating group) is 1. The van der Waals surface area contributed by atoms with Crippen LogP contribution >= 0.6 is 11.3 Å². The Balaban J connectivity index is 2.17. The van der Waals surface area contributed by atoms with Crippen LogP contribution in [0.4, 0.5) is 5.82 Å². The zero-order valence-corrected chi connectivity index (χ0v) is 15.9. The maximum atomic E-state index is 12.6. The Labute approximate surface area is 154 Å². The van der Waals surface area contributed by atoms with Gasteiger partial charge in [0.15, 0.2) is 5.78 Å². The third kappa shape index (κ3) is 4.65. The first-order chi connectivity index (χ1) is 12.4. The van der Waals surface area contributed by atoms with Gasteiger partial charge in [0.25, 0.3) is 5.56 Å². The lowest BCUT2D eigenvalue weighted by Gasteiger charge is -2.16. The molecule has 0 radical (unpaired) electrons. The van der Waals surface area contributed by atoms with Crippen LogP contribution in [0.1, 0.15) is 28.0 Å². The van der Waals surface area contributed by atoms with E-state index in [1.807, 2.05) is 12.3 Å². The lowest BCUT2D eigenvalue weighted by atomic mass is 10.2. The molecule has 0 unspecified atom stereocenters. The number of nitrogens with two attached hydrogens (primary N) is 1. The van der Waals surface area contributed by atoms with Crippen molar-refractivity contribution in [2.24, 2.45) is 0 Å². The predicted octanol–water partition coefficient (Wildman–Crippen LogP) is 0.0988. The van der Waals surface area contributed by atoms with Crippen LogP contribution in [0.3, 0.4) is 0 Å². The molecule has 2 aromatic heterocycles. The minimum Gasteiger partial charge on any atom is -0.384 e. The lowest BCUT2D eigenvalue weighted by molar-refractivity contribution is 0.0940. The highest BCUT2D eigenvalue weighted by Crippen LogP contribution is 2.12. The monoisotopic (exact) mass is 381 g/mol. The molecule has 2 heterocycles. The van der Waals surface area contributed by atoms with Crippen LogP contribution in [-0.2, 0) is 24.2 Å². The minimum atomic E-state index is -0.776. The van der Waals surface area contributed by atoms with Gasteiger partial charge in [-0.2, -0.15) is 0 Å². The van der Waals surface area contributed by atoms with Gasteiger partial charge >= 0.3 is 5.69 Å². The number of anilines is 1. The van der Waals surface area contributed by atoms with Crippen LogP contribution in [0.25, 0.3) is 0 Å². The van der Waals surface area contributed by atoms with Gasteiger partial charge in [-0.1, -0.05) is 6.92 Å². The third-order valence-corrected chi connectivity index (χ3v) is 4.83. The van der Waals surface area contributed by atoms with E-state index in [2.05, 4.69) is 9.97 Å². The number of Topliss-reactive ketones (excluding diaryl/α,β-unsaturated/α-hetero) is 1. The number of nitrogen functional groups attached to an aromatic ring is 1. The number of aromatic amines is 1. The molecule has 0 bridgehead atoms. The first-order valence-corrected chi connectivity index (χ1v) is 9.01. The van der Waals surface area contributed by atoms with Gasteiger partial charge in [-0.05, 0) is 13.5 Å². The number of thiazole rings is 1. The van der Waals surface area contributed by atoms with Gasteiger partial charge in [0.2, 0.25) is 0 Å². The van der Waals surface area contributed by atoms with E-state index in [4.69, 9.17) is 10.5 Å². The largest absolute Gasteiger partial charge is 0.384 e. The highest BCUT2D eigenvalue weighted by atomic mass is 32.1. The number of methoxy groups -OCH3 is 1. The Hall–Kier alpha value is -2.30. The Bertz CT molecular complexity index is 885. The molecule has 0 aliphatic rings. The second-order valence-electron chi connectivity index (χ2n) is 5.85. The Morgan fingerprint density at radius 2 is 2.19 bits per heavy atom. The topological polar surface area (TPSA) is 123 Å². The number of hydrogen-bond donors (Lipinski definition) is 2. The van der Waals surface area contributed by atoms with Gasteiger partial charge in [-0.3, -0.25) is 24.0 Å². The van der Waals surface area contributed by atoms with Crippen LogP contribution in [0.2, 0.25) is 0 Å². The number of ketones is 1. The highest BCUT2D eigenvalue weighted by Gasteiger charge is 2.20. The molecule has 10 heteroatoms. The Morgan fingerprint density at radius 3 is 2.81 bits per heavy atom. The van der Waals surface area contributed by atoms with E-state index in [9.17, 15) is 14.4 Å². The number of aryl methyl sites for hydroxylation is 1. The van der Waals surface area contributed by atoms with Gasteiger partial charge in [0.1, 0.15) is 11.4 Å². The molecule has 0 aliphatic carbocycles. The predicted molar refractivity (Wildman–Crippen MR) is 99.8 cm³/mol. The summed E-state index contributed by atoms with van der Waals surface area (Å²) in [7, 11) is 3.24. The number of hydrogen-bond acceptors (Lipinski definition) is 8. The molecule has 0 atom stereocenters. The standard InChI is InChI=1S/C16H23N5O4S/c1-4-12-18-10(9-26-12)7-20(2)8-11(22)13-14(17)21(5-6-25-3)16(24)19-15(13)23/h9H,4-8,17H2,1-3H3,(H,19,23,24). The van der Waals surface area contributed by atoms with Crippen molar-refractivity contribution < 1.29 is 9.53 Å². The van der Waals surface area contributed by atoms with E-state index in [0.717, 1.165) is 21.7 Å². The molecular formula is C16H23N5O4S. The molecule has 26 heavy (non-hydrogen) atoms. The van der Waals surface area contributed by atoms with Crippen molar-refractivity contribution in [2.75, 3.05) is 33.0 Å². The molecule has 0 aromatic carbocycles. The first-order valence-electron chi connectivity index (χ1n) is 8.13. The Morgan fingerprint density at radius 1 is 1.46 bits per heavy atom. The summed E-state index contributed by atoms with van der Waals surface area (Å²) in [6, 6.07) is 0. The molecule has 2 aromatic rings. The first kappa shape index (κ1) is 20.0. The number of nitrogens with one attached hydrogen (secondary N) is 1. The van der Waals surface area contributed by atoms with E-state index in [-0.39, 0.29) is 31.1 Å². The molecule has 2 rings (SSSR count). The number of aromatic nitrogens is 3. The van der Waals surface area contributed by atoms with Crippen molar-refractivity contribution in [3.8, 4) is 0 Å². The van der Waals surface area contributed by atoms with Crippen LogP contribution in [0.5, 0.6) is 0 Å². The average Bonchev–Trinajstić information content (AvgIpc) is 3.01.